The van der Waals surface area contributed by atoms with Gasteiger partial charge in [-0.05, 0) is 41.1 Å². The lowest BCUT2D eigenvalue weighted by Crippen LogP contribution is -2.20. The third-order valence-electron chi connectivity index (χ3n) is 3.34. The predicted octanol–water partition coefficient (Wildman–Crippen LogP) is 4.58. The zero-order valence-electron chi connectivity index (χ0n) is 13.1. The van der Waals surface area contributed by atoms with Gasteiger partial charge in [0.25, 0.3) is 5.91 Å². The molecule has 3 aromatic rings. The maximum atomic E-state index is 14.3. The minimum absolute atomic E-state index is 0.227. The van der Waals surface area contributed by atoms with Gasteiger partial charge in [0.15, 0.2) is 10.6 Å². The number of thiazole rings is 1. The van der Waals surface area contributed by atoms with Crippen molar-refractivity contribution in [2.75, 3.05) is 13.2 Å². The van der Waals surface area contributed by atoms with E-state index in [0.717, 1.165) is 21.2 Å². The standard InChI is InChI=1S/C16H13BrF2N2O2S2/c1-2-23-6-5-21-14-10(19)7-9(18)8-12(14)25-16(21)20-15(22)11-3-4-13(17)24-11/h3-4,7-8H,2,5-6H2,1H3. The highest BCUT2D eigenvalue weighted by Crippen LogP contribution is 2.24. The van der Waals surface area contributed by atoms with Gasteiger partial charge in [-0.15, -0.1) is 11.3 Å². The van der Waals surface area contributed by atoms with Crippen LogP contribution in [0.3, 0.4) is 0 Å². The van der Waals surface area contributed by atoms with Gasteiger partial charge in [-0.1, -0.05) is 11.3 Å². The number of carbonyl (C=O) groups is 1. The van der Waals surface area contributed by atoms with Crippen molar-refractivity contribution in [3.8, 4) is 0 Å². The van der Waals surface area contributed by atoms with Crippen LogP contribution in [-0.4, -0.2) is 23.7 Å². The number of hydrogen-bond acceptors (Lipinski definition) is 4. The van der Waals surface area contributed by atoms with E-state index in [2.05, 4.69) is 20.9 Å². The van der Waals surface area contributed by atoms with E-state index in [9.17, 15) is 13.6 Å². The van der Waals surface area contributed by atoms with Crippen LogP contribution in [-0.2, 0) is 11.3 Å². The zero-order chi connectivity index (χ0) is 18.0. The highest BCUT2D eigenvalue weighted by Gasteiger charge is 2.15. The second-order valence-corrected chi connectivity index (χ2v) is 8.46. The first-order valence-corrected chi connectivity index (χ1v) is 9.82. The number of carbonyl (C=O) groups excluding carboxylic acids is 1. The molecule has 0 bridgehead atoms. The molecule has 4 nitrogen and oxygen atoms in total. The van der Waals surface area contributed by atoms with Gasteiger partial charge in [0, 0.05) is 19.2 Å². The molecule has 2 heterocycles. The van der Waals surface area contributed by atoms with Gasteiger partial charge >= 0.3 is 0 Å². The number of thiophene rings is 1. The zero-order valence-corrected chi connectivity index (χ0v) is 16.3. The van der Waals surface area contributed by atoms with Crippen LogP contribution < -0.4 is 4.80 Å². The monoisotopic (exact) mass is 446 g/mol. The molecule has 0 saturated carbocycles. The molecule has 0 aliphatic heterocycles. The molecule has 0 unspecified atom stereocenters. The van der Waals surface area contributed by atoms with Gasteiger partial charge in [0.1, 0.15) is 5.82 Å². The number of hydrogen-bond donors (Lipinski definition) is 0. The van der Waals surface area contributed by atoms with Crippen molar-refractivity contribution in [2.24, 2.45) is 4.99 Å². The Balaban J connectivity index is 2.12. The number of nitrogens with zero attached hydrogens (tertiary/aromatic N) is 2. The summed E-state index contributed by atoms with van der Waals surface area (Å²) in [6.45, 7) is 3.03. The lowest BCUT2D eigenvalue weighted by atomic mass is 10.3. The Kier molecular flexibility index (Phi) is 5.78. The molecule has 0 radical (unpaired) electrons. The Labute approximate surface area is 158 Å². The van der Waals surface area contributed by atoms with Crippen molar-refractivity contribution >= 4 is 54.7 Å². The van der Waals surface area contributed by atoms with Gasteiger partial charge in [-0.3, -0.25) is 4.79 Å². The fraction of sp³-hybridized carbons (Fsp3) is 0.250. The first-order valence-electron chi connectivity index (χ1n) is 7.40. The predicted molar refractivity (Wildman–Crippen MR) is 98.1 cm³/mol. The van der Waals surface area contributed by atoms with Gasteiger partial charge in [0.05, 0.1) is 25.5 Å². The fourth-order valence-corrected chi connectivity index (χ4v) is 4.66. The van der Waals surface area contributed by atoms with E-state index in [4.69, 9.17) is 4.74 Å². The number of halogens is 3. The van der Waals surface area contributed by atoms with E-state index in [1.807, 2.05) is 6.92 Å². The number of rotatable bonds is 5. The molecule has 2 aromatic heterocycles. The molecular weight excluding hydrogens is 434 g/mol. The Morgan fingerprint density at radius 3 is 2.80 bits per heavy atom. The quantitative estimate of drug-likeness (QED) is 0.538. The summed E-state index contributed by atoms with van der Waals surface area (Å²) in [4.78, 5) is 17.3. The molecular formula is C16H13BrF2N2O2S2. The topological polar surface area (TPSA) is 43.6 Å². The van der Waals surface area contributed by atoms with Crippen LogP contribution in [0.2, 0.25) is 0 Å². The molecule has 132 valence electrons. The second kappa shape index (κ2) is 7.86. The molecule has 0 aliphatic rings. The highest BCUT2D eigenvalue weighted by atomic mass is 79.9. The third kappa shape index (κ3) is 4.05. The average molecular weight is 447 g/mol. The Morgan fingerprint density at radius 2 is 2.12 bits per heavy atom. The second-order valence-electron chi connectivity index (χ2n) is 4.99. The van der Waals surface area contributed by atoms with Crippen LogP contribution in [0.4, 0.5) is 8.78 Å². The maximum Gasteiger partial charge on any atom is 0.289 e. The maximum absolute atomic E-state index is 14.3. The summed E-state index contributed by atoms with van der Waals surface area (Å²) < 4.78 is 35.9. The van der Waals surface area contributed by atoms with E-state index in [1.165, 1.54) is 17.4 Å². The highest BCUT2D eigenvalue weighted by molar-refractivity contribution is 9.11. The summed E-state index contributed by atoms with van der Waals surface area (Å²) in [5.41, 5.74) is 0.227. The number of fused-ring (bicyclic) bond motifs is 1. The van der Waals surface area contributed by atoms with Crippen molar-refractivity contribution in [1.82, 2.24) is 4.57 Å². The van der Waals surface area contributed by atoms with Crippen molar-refractivity contribution < 1.29 is 18.3 Å². The SMILES string of the molecule is CCOCCn1c(=NC(=O)c2ccc(Br)s2)sc2cc(F)cc(F)c21. The molecule has 25 heavy (non-hydrogen) atoms. The van der Waals surface area contributed by atoms with E-state index in [0.29, 0.717) is 34.1 Å². The summed E-state index contributed by atoms with van der Waals surface area (Å²) in [5, 5.41) is 0. The molecule has 1 amide bonds. The van der Waals surface area contributed by atoms with Crippen LogP contribution in [0.5, 0.6) is 0 Å². The number of aromatic nitrogens is 1. The molecule has 0 aliphatic carbocycles. The minimum atomic E-state index is -0.685. The summed E-state index contributed by atoms with van der Waals surface area (Å²) in [6, 6.07) is 5.49. The van der Waals surface area contributed by atoms with Crippen molar-refractivity contribution in [3.05, 3.63) is 49.4 Å². The Bertz CT molecular complexity index is 994. The van der Waals surface area contributed by atoms with Gasteiger partial charge < -0.3 is 9.30 Å². The van der Waals surface area contributed by atoms with Gasteiger partial charge in [-0.25, -0.2) is 8.78 Å². The smallest absolute Gasteiger partial charge is 0.289 e. The summed E-state index contributed by atoms with van der Waals surface area (Å²) in [5.74, 6) is -1.77. The van der Waals surface area contributed by atoms with E-state index in [1.54, 1.807) is 16.7 Å². The number of ether oxygens (including phenoxy) is 1. The minimum Gasteiger partial charge on any atom is -0.380 e. The van der Waals surface area contributed by atoms with Crippen LogP contribution in [0.25, 0.3) is 10.2 Å². The number of amides is 1. The summed E-state index contributed by atoms with van der Waals surface area (Å²) in [6.07, 6.45) is 0. The number of benzene rings is 1. The van der Waals surface area contributed by atoms with Crippen LogP contribution in [0.1, 0.15) is 16.6 Å². The molecule has 0 fully saturated rings. The van der Waals surface area contributed by atoms with E-state index in [-0.39, 0.29) is 5.52 Å². The molecule has 0 spiro atoms. The first kappa shape index (κ1) is 18.4. The van der Waals surface area contributed by atoms with Crippen molar-refractivity contribution in [3.63, 3.8) is 0 Å². The normalized spacial score (nSPS) is 12.2. The summed E-state index contributed by atoms with van der Waals surface area (Å²) in [7, 11) is 0. The van der Waals surface area contributed by atoms with Crippen LogP contribution >= 0.6 is 38.6 Å². The molecule has 0 atom stereocenters. The molecule has 1 aromatic carbocycles. The Morgan fingerprint density at radius 1 is 1.32 bits per heavy atom. The van der Waals surface area contributed by atoms with Crippen LogP contribution in [0.15, 0.2) is 33.0 Å². The average Bonchev–Trinajstić information content (AvgIpc) is 3.12. The largest absolute Gasteiger partial charge is 0.380 e. The van der Waals surface area contributed by atoms with Gasteiger partial charge in [0.2, 0.25) is 0 Å². The molecule has 9 heteroatoms. The molecule has 0 N–H and O–H groups in total. The van der Waals surface area contributed by atoms with Crippen LogP contribution in [0, 0.1) is 11.6 Å². The lowest BCUT2D eigenvalue weighted by molar-refractivity contribution is 0.100. The van der Waals surface area contributed by atoms with Gasteiger partial charge in [-0.2, -0.15) is 4.99 Å². The summed E-state index contributed by atoms with van der Waals surface area (Å²) >= 11 is 5.64. The third-order valence-corrected chi connectivity index (χ3v) is 5.98. The molecule has 0 saturated heterocycles. The molecule has 3 rings (SSSR count). The lowest BCUT2D eigenvalue weighted by Gasteiger charge is -2.06. The van der Waals surface area contributed by atoms with E-state index >= 15 is 0 Å². The van der Waals surface area contributed by atoms with E-state index < -0.39 is 17.5 Å². The van der Waals surface area contributed by atoms with Crippen molar-refractivity contribution in [1.29, 1.82) is 0 Å². The van der Waals surface area contributed by atoms with Crippen molar-refractivity contribution in [2.45, 2.75) is 13.5 Å². The first-order chi connectivity index (χ1) is 12.0. The Hall–Kier alpha value is -1.42. The fourth-order valence-electron chi connectivity index (χ4n) is 2.29.